The number of hydrogen-bond acceptors (Lipinski definition) is 4. The van der Waals surface area contributed by atoms with Gasteiger partial charge in [0, 0.05) is 6.04 Å². The van der Waals surface area contributed by atoms with E-state index in [1.54, 1.807) is 18.2 Å². The van der Waals surface area contributed by atoms with Gasteiger partial charge >= 0.3 is 15.6 Å². The standard InChI is InChI=1S/C11H12F3NO3S/c12-11(13,14)19(16,17)18-10-8-4-2-1-3-7(8)5-6-9(10)15/h1-4,9-10H,5-6,15H2. The molecule has 0 saturated heterocycles. The van der Waals surface area contributed by atoms with Gasteiger partial charge in [0.2, 0.25) is 0 Å². The van der Waals surface area contributed by atoms with Crippen LogP contribution in [0.15, 0.2) is 24.3 Å². The largest absolute Gasteiger partial charge is 0.523 e. The van der Waals surface area contributed by atoms with Crippen LogP contribution in [0.2, 0.25) is 0 Å². The predicted molar refractivity (Wildman–Crippen MR) is 61.5 cm³/mol. The Kier molecular flexibility index (Phi) is 3.59. The third-order valence-corrected chi connectivity index (χ3v) is 4.04. The fourth-order valence-electron chi connectivity index (χ4n) is 2.06. The lowest BCUT2D eigenvalue weighted by atomic mass is 9.86. The molecule has 1 aromatic rings. The Labute approximate surface area is 108 Å². The maximum Gasteiger partial charge on any atom is 0.523 e. The van der Waals surface area contributed by atoms with Crippen LogP contribution in [0.5, 0.6) is 0 Å². The van der Waals surface area contributed by atoms with Crippen molar-refractivity contribution >= 4 is 10.1 Å². The molecule has 1 aliphatic rings. The molecular formula is C11H12F3NO3S. The molecule has 19 heavy (non-hydrogen) atoms. The van der Waals surface area contributed by atoms with E-state index in [0.717, 1.165) is 5.56 Å². The van der Waals surface area contributed by atoms with E-state index in [4.69, 9.17) is 5.73 Å². The first-order valence-electron chi connectivity index (χ1n) is 5.55. The van der Waals surface area contributed by atoms with E-state index in [1.165, 1.54) is 6.07 Å². The van der Waals surface area contributed by atoms with Crippen molar-refractivity contribution in [3.05, 3.63) is 35.4 Å². The topological polar surface area (TPSA) is 69.4 Å². The number of fused-ring (bicyclic) bond motifs is 1. The predicted octanol–water partition coefficient (Wildman–Crippen LogP) is 1.87. The summed E-state index contributed by atoms with van der Waals surface area (Å²) in [6.45, 7) is 0. The Morgan fingerprint density at radius 1 is 1.26 bits per heavy atom. The van der Waals surface area contributed by atoms with Crippen molar-refractivity contribution in [2.75, 3.05) is 0 Å². The first-order valence-corrected chi connectivity index (χ1v) is 6.96. The summed E-state index contributed by atoms with van der Waals surface area (Å²) in [5, 5.41) is 0. The lowest BCUT2D eigenvalue weighted by Crippen LogP contribution is -2.38. The van der Waals surface area contributed by atoms with Gasteiger partial charge in [0.15, 0.2) is 0 Å². The van der Waals surface area contributed by atoms with Gasteiger partial charge in [-0.25, -0.2) is 0 Å². The molecule has 0 fully saturated rings. The minimum atomic E-state index is -5.65. The van der Waals surface area contributed by atoms with Gasteiger partial charge < -0.3 is 5.73 Å². The normalized spacial score (nSPS) is 24.0. The van der Waals surface area contributed by atoms with E-state index >= 15 is 0 Å². The van der Waals surface area contributed by atoms with E-state index in [0.29, 0.717) is 18.4 Å². The quantitative estimate of drug-likeness (QED) is 0.668. The number of nitrogens with two attached hydrogens (primary N) is 1. The van der Waals surface area contributed by atoms with Crippen LogP contribution in [0.1, 0.15) is 23.7 Å². The van der Waals surface area contributed by atoms with Gasteiger partial charge in [-0.3, -0.25) is 4.18 Å². The second-order valence-corrected chi connectivity index (χ2v) is 5.88. The van der Waals surface area contributed by atoms with Crippen LogP contribution in [0, 0.1) is 0 Å². The molecule has 4 nitrogen and oxygen atoms in total. The highest BCUT2D eigenvalue weighted by Crippen LogP contribution is 2.36. The molecule has 0 bridgehead atoms. The monoisotopic (exact) mass is 295 g/mol. The molecule has 2 atom stereocenters. The molecule has 106 valence electrons. The van der Waals surface area contributed by atoms with Crippen molar-refractivity contribution in [1.29, 1.82) is 0 Å². The number of alkyl halides is 3. The maximum absolute atomic E-state index is 12.3. The first kappa shape index (κ1) is 14.3. The van der Waals surface area contributed by atoms with E-state index in [2.05, 4.69) is 4.18 Å². The van der Waals surface area contributed by atoms with Crippen LogP contribution in [-0.2, 0) is 20.7 Å². The number of hydrogen-bond donors (Lipinski definition) is 1. The fraction of sp³-hybridized carbons (Fsp3) is 0.455. The van der Waals surface area contributed by atoms with Gasteiger partial charge in [-0.05, 0) is 24.0 Å². The minimum Gasteiger partial charge on any atom is -0.325 e. The van der Waals surface area contributed by atoms with E-state index in [1.807, 2.05) is 0 Å². The average Bonchev–Trinajstić information content (AvgIpc) is 2.31. The van der Waals surface area contributed by atoms with Gasteiger partial charge in [-0.1, -0.05) is 24.3 Å². The molecule has 0 spiro atoms. The fourth-order valence-corrected chi connectivity index (χ4v) is 2.69. The second kappa shape index (κ2) is 4.77. The lowest BCUT2D eigenvalue weighted by molar-refractivity contribution is -0.0586. The lowest BCUT2D eigenvalue weighted by Gasteiger charge is -2.30. The number of halogens is 3. The molecule has 2 N–H and O–H groups in total. The van der Waals surface area contributed by atoms with Crippen LogP contribution in [0.4, 0.5) is 13.2 Å². The molecule has 1 aliphatic carbocycles. The van der Waals surface area contributed by atoms with Crippen molar-refractivity contribution < 1.29 is 25.8 Å². The molecule has 0 heterocycles. The van der Waals surface area contributed by atoms with Crippen molar-refractivity contribution in [2.24, 2.45) is 5.73 Å². The molecule has 8 heteroatoms. The van der Waals surface area contributed by atoms with Crippen molar-refractivity contribution in [2.45, 2.75) is 30.5 Å². The van der Waals surface area contributed by atoms with E-state index in [9.17, 15) is 21.6 Å². The zero-order valence-electron chi connectivity index (χ0n) is 9.72. The highest BCUT2D eigenvalue weighted by atomic mass is 32.2. The third-order valence-electron chi connectivity index (χ3n) is 3.01. The molecule has 0 aromatic heterocycles. The Morgan fingerprint density at radius 2 is 1.89 bits per heavy atom. The minimum absolute atomic E-state index is 0.370. The Balaban J connectivity index is 2.35. The molecular weight excluding hydrogens is 283 g/mol. The van der Waals surface area contributed by atoms with Gasteiger partial charge in [-0.2, -0.15) is 21.6 Å². The first-order chi connectivity index (χ1) is 8.72. The van der Waals surface area contributed by atoms with Gasteiger partial charge in [0.25, 0.3) is 0 Å². The Hall–Kier alpha value is -1.12. The molecule has 0 radical (unpaired) electrons. The molecule has 0 amide bonds. The number of benzene rings is 1. The van der Waals surface area contributed by atoms with Crippen LogP contribution in [0.3, 0.4) is 0 Å². The zero-order chi connectivity index (χ0) is 14.3. The van der Waals surface area contributed by atoms with Gasteiger partial charge in [0.05, 0.1) is 0 Å². The summed E-state index contributed by atoms with van der Waals surface area (Å²) in [7, 11) is -5.65. The van der Waals surface area contributed by atoms with Crippen molar-refractivity contribution in [3.8, 4) is 0 Å². The van der Waals surface area contributed by atoms with Crippen LogP contribution in [0.25, 0.3) is 0 Å². The summed E-state index contributed by atoms with van der Waals surface area (Å²) < 4.78 is 63.5. The van der Waals surface area contributed by atoms with E-state index in [-0.39, 0.29) is 0 Å². The highest BCUT2D eigenvalue weighted by Gasteiger charge is 2.49. The Bertz CT molecular complexity index is 571. The molecule has 2 unspecified atom stereocenters. The zero-order valence-corrected chi connectivity index (χ0v) is 10.5. The Morgan fingerprint density at radius 3 is 2.53 bits per heavy atom. The summed E-state index contributed by atoms with van der Waals surface area (Å²) in [5.41, 5.74) is 1.40. The second-order valence-electron chi connectivity index (χ2n) is 4.32. The van der Waals surface area contributed by atoms with Crippen molar-refractivity contribution in [3.63, 3.8) is 0 Å². The van der Waals surface area contributed by atoms with Crippen molar-refractivity contribution in [1.82, 2.24) is 0 Å². The highest BCUT2D eigenvalue weighted by molar-refractivity contribution is 7.87. The summed E-state index contributed by atoms with van der Waals surface area (Å²) in [4.78, 5) is 0. The summed E-state index contributed by atoms with van der Waals surface area (Å²) in [5.74, 6) is 0. The maximum atomic E-state index is 12.3. The molecule has 1 aromatic carbocycles. The molecule has 2 rings (SSSR count). The SMILES string of the molecule is NC1CCc2ccccc2C1OS(=O)(=O)C(F)(F)F. The summed E-state index contributed by atoms with van der Waals surface area (Å²) in [6, 6.07) is 5.80. The summed E-state index contributed by atoms with van der Waals surface area (Å²) in [6.07, 6.45) is -0.338. The summed E-state index contributed by atoms with van der Waals surface area (Å²) >= 11 is 0. The average molecular weight is 295 g/mol. The number of rotatable bonds is 2. The van der Waals surface area contributed by atoms with Crippen LogP contribution < -0.4 is 5.73 Å². The molecule has 0 aliphatic heterocycles. The van der Waals surface area contributed by atoms with Gasteiger partial charge in [0.1, 0.15) is 6.10 Å². The van der Waals surface area contributed by atoms with Crippen LogP contribution in [-0.4, -0.2) is 20.0 Å². The van der Waals surface area contributed by atoms with Crippen LogP contribution >= 0.6 is 0 Å². The number of aryl methyl sites for hydroxylation is 1. The van der Waals surface area contributed by atoms with Gasteiger partial charge in [-0.15, -0.1) is 0 Å². The smallest absolute Gasteiger partial charge is 0.325 e. The van der Waals surface area contributed by atoms with E-state index < -0.39 is 27.8 Å². The third kappa shape index (κ3) is 2.75. The molecule has 0 saturated carbocycles.